The second-order valence-electron chi connectivity index (χ2n) is 1.75. The van der Waals surface area contributed by atoms with Gasteiger partial charge in [0.1, 0.15) is 0 Å². The summed E-state index contributed by atoms with van der Waals surface area (Å²) < 4.78 is 0. The van der Waals surface area contributed by atoms with Gasteiger partial charge in [-0.25, -0.2) is 0 Å². The van der Waals surface area contributed by atoms with Crippen molar-refractivity contribution in [1.82, 2.24) is 0 Å². The van der Waals surface area contributed by atoms with E-state index >= 15 is 0 Å². The Hall–Kier alpha value is -1.22. The van der Waals surface area contributed by atoms with Crippen LogP contribution in [-0.2, 0) is 0 Å². The van der Waals surface area contributed by atoms with E-state index in [0.29, 0.717) is 0 Å². The maximum atomic E-state index is 2.96. The molecule has 1 aromatic carbocycles. The first-order valence-electron chi connectivity index (χ1n) is 2.94. The summed E-state index contributed by atoms with van der Waals surface area (Å²) in [5.74, 6) is 0. The third-order valence-corrected chi connectivity index (χ3v) is 1.02. The van der Waals surface area contributed by atoms with Gasteiger partial charge >= 0.3 is 0 Å². The standard InChI is InChI=1S/C9H8/c1-2-6-9-7-4-3-5-8-9/h2-4,6-7H,1H3/b6-2+. The van der Waals surface area contributed by atoms with E-state index in [0.717, 1.165) is 5.56 Å². The maximum Gasteiger partial charge on any atom is 0.0245 e. The van der Waals surface area contributed by atoms with Crippen LogP contribution in [0.4, 0.5) is 0 Å². The van der Waals surface area contributed by atoms with Gasteiger partial charge in [-0.2, -0.15) is 0 Å². The van der Waals surface area contributed by atoms with Crippen LogP contribution in [0.1, 0.15) is 12.5 Å². The van der Waals surface area contributed by atoms with Crippen molar-refractivity contribution < 1.29 is 0 Å². The average Bonchev–Trinajstić information content (AvgIpc) is 1.91. The highest BCUT2D eigenvalue weighted by atomic mass is 13.8. The Morgan fingerprint density at radius 3 is 3.00 bits per heavy atom. The molecule has 0 aliphatic rings. The smallest absolute Gasteiger partial charge is 0.0245 e. The highest BCUT2D eigenvalue weighted by Crippen LogP contribution is 1.94. The average molecular weight is 116 g/mol. The zero-order valence-electron chi connectivity index (χ0n) is 5.39. The van der Waals surface area contributed by atoms with Crippen molar-refractivity contribution in [2.45, 2.75) is 6.92 Å². The summed E-state index contributed by atoms with van der Waals surface area (Å²) in [4.78, 5) is 0. The minimum Gasteiger partial charge on any atom is -0.0864 e. The fourth-order valence-corrected chi connectivity index (χ4v) is 0.643. The van der Waals surface area contributed by atoms with E-state index in [2.05, 4.69) is 12.1 Å². The van der Waals surface area contributed by atoms with Crippen molar-refractivity contribution in [3.05, 3.63) is 42.0 Å². The minimum atomic E-state index is 1.08. The molecule has 0 fully saturated rings. The predicted molar refractivity (Wildman–Crippen MR) is 38.8 cm³/mol. The normalized spacial score (nSPS) is 9.44. The Labute approximate surface area is 55.8 Å². The van der Waals surface area contributed by atoms with Crippen molar-refractivity contribution in [2.24, 2.45) is 0 Å². The molecule has 0 saturated carbocycles. The number of rotatable bonds is 1. The predicted octanol–water partition coefficient (Wildman–Crippen LogP) is 2.32. The maximum absolute atomic E-state index is 2.96. The first-order valence-corrected chi connectivity index (χ1v) is 2.94. The molecular weight excluding hydrogens is 108 g/mol. The Balaban J connectivity index is 2.85. The highest BCUT2D eigenvalue weighted by Gasteiger charge is 1.75. The molecule has 0 unspecified atom stereocenters. The number of allylic oxidation sites excluding steroid dienone is 1. The van der Waals surface area contributed by atoms with Crippen LogP contribution in [0.15, 0.2) is 24.3 Å². The molecule has 1 rings (SSSR count). The summed E-state index contributed by atoms with van der Waals surface area (Å²) in [6, 6.07) is 11.6. The first kappa shape index (κ1) is 5.91. The third kappa shape index (κ3) is 1.62. The van der Waals surface area contributed by atoms with E-state index < -0.39 is 0 Å². The summed E-state index contributed by atoms with van der Waals surface area (Å²) in [5.41, 5.74) is 1.08. The fraction of sp³-hybridized carbons (Fsp3) is 0.111. The van der Waals surface area contributed by atoms with Gasteiger partial charge in [0.05, 0.1) is 0 Å². The van der Waals surface area contributed by atoms with Crippen molar-refractivity contribution in [3.8, 4) is 0 Å². The molecule has 9 heavy (non-hydrogen) atoms. The largest absolute Gasteiger partial charge is 0.0864 e. The minimum absolute atomic E-state index is 1.08. The summed E-state index contributed by atoms with van der Waals surface area (Å²) in [6.45, 7) is 1.99. The van der Waals surface area contributed by atoms with Crippen molar-refractivity contribution in [1.29, 1.82) is 0 Å². The van der Waals surface area contributed by atoms with Crippen LogP contribution >= 0.6 is 0 Å². The molecule has 0 bridgehead atoms. The molecule has 44 valence electrons. The second-order valence-corrected chi connectivity index (χ2v) is 1.75. The topological polar surface area (TPSA) is 0 Å². The molecule has 0 heteroatoms. The number of hydrogen-bond acceptors (Lipinski definition) is 0. The van der Waals surface area contributed by atoms with Gasteiger partial charge in [0.15, 0.2) is 0 Å². The summed E-state index contributed by atoms with van der Waals surface area (Å²) in [7, 11) is 0. The molecule has 0 aliphatic heterocycles. The lowest BCUT2D eigenvalue weighted by atomic mass is 10.2. The van der Waals surface area contributed by atoms with E-state index in [1.54, 1.807) is 0 Å². The second kappa shape index (κ2) is 2.94. The van der Waals surface area contributed by atoms with E-state index in [1.165, 1.54) is 0 Å². The molecule has 0 N–H and O–H groups in total. The summed E-state index contributed by atoms with van der Waals surface area (Å²) in [5, 5.41) is 0. The van der Waals surface area contributed by atoms with Gasteiger partial charge in [-0.1, -0.05) is 30.4 Å². The summed E-state index contributed by atoms with van der Waals surface area (Å²) in [6.07, 6.45) is 3.98. The monoisotopic (exact) mass is 116 g/mol. The molecule has 0 aliphatic carbocycles. The van der Waals surface area contributed by atoms with E-state index in [9.17, 15) is 0 Å². The van der Waals surface area contributed by atoms with Crippen LogP contribution in [0.3, 0.4) is 0 Å². The van der Waals surface area contributed by atoms with E-state index in [1.807, 2.05) is 37.3 Å². The molecule has 0 radical (unpaired) electrons. The van der Waals surface area contributed by atoms with Crippen LogP contribution in [0.2, 0.25) is 0 Å². The third-order valence-electron chi connectivity index (χ3n) is 1.02. The van der Waals surface area contributed by atoms with Crippen molar-refractivity contribution in [3.63, 3.8) is 0 Å². The molecule has 0 atom stereocenters. The zero-order valence-corrected chi connectivity index (χ0v) is 5.39. The van der Waals surface area contributed by atoms with Gasteiger partial charge in [0, 0.05) is 5.56 Å². The molecule has 1 aromatic rings. The van der Waals surface area contributed by atoms with Crippen LogP contribution < -0.4 is 0 Å². The summed E-state index contributed by atoms with van der Waals surface area (Å²) >= 11 is 0. The fourth-order valence-electron chi connectivity index (χ4n) is 0.643. The molecule has 0 spiro atoms. The van der Waals surface area contributed by atoms with Crippen LogP contribution in [0.25, 0.3) is 6.08 Å². The zero-order chi connectivity index (χ0) is 6.53. The lowest BCUT2D eigenvalue weighted by Crippen LogP contribution is -1.62. The van der Waals surface area contributed by atoms with E-state index in [-0.39, 0.29) is 0 Å². The van der Waals surface area contributed by atoms with Gasteiger partial charge in [-0.3, -0.25) is 0 Å². The lowest BCUT2D eigenvalue weighted by molar-refractivity contribution is 1.67. The van der Waals surface area contributed by atoms with Crippen molar-refractivity contribution in [2.75, 3.05) is 0 Å². The Bertz CT molecular complexity index is 184. The molecule has 0 saturated heterocycles. The molecule has 0 amide bonds. The SMILES string of the molecule is C/C=C/c1c#cccc1. The first-order chi connectivity index (χ1) is 4.43. The van der Waals surface area contributed by atoms with Crippen LogP contribution in [0.5, 0.6) is 0 Å². The van der Waals surface area contributed by atoms with Crippen molar-refractivity contribution >= 4 is 6.08 Å². The Kier molecular flexibility index (Phi) is 1.93. The van der Waals surface area contributed by atoms with Gasteiger partial charge in [-0.15, -0.1) is 0 Å². The van der Waals surface area contributed by atoms with Gasteiger partial charge in [0.2, 0.25) is 0 Å². The molecule has 0 aromatic heterocycles. The lowest BCUT2D eigenvalue weighted by Gasteiger charge is -1.80. The van der Waals surface area contributed by atoms with Crippen LogP contribution in [0, 0.1) is 12.1 Å². The van der Waals surface area contributed by atoms with Gasteiger partial charge in [-0.05, 0) is 19.1 Å². The van der Waals surface area contributed by atoms with E-state index in [4.69, 9.17) is 0 Å². The Morgan fingerprint density at radius 2 is 2.44 bits per heavy atom. The molecular formula is C9H8. The van der Waals surface area contributed by atoms with Crippen LogP contribution in [-0.4, -0.2) is 0 Å². The van der Waals surface area contributed by atoms with Gasteiger partial charge < -0.3 is 0 Å². The highest BCUT2D eigenvalue weighted by molar-refractivity contribution is 5.45. The Morgan fingerprint density at radius 1 is 1.56 bits per heavy atom. The molecule has 0 heterocycles. The number of hydrogen-bond donors (Lipinski definition) is 0. The van der Waals surface area contributed by atoms with Gasteiger partial charge in [0.25, 0.3) is 0 Å². The quantitative estimate of drug-likeness (QED) is 0.528. The molecule has 0 nitrogen and oxygen atoms in total.